The lowest BCUT2D eigenvalue weighted by molar-refractivity contribution is 0.649. The molecule has 6 nitrogen and oxygen atoms in total. The molecule has 0 amide bonds. The summed E-state index contributed by atoms with van der Waals surface area (Å²) < 4.78 is 2.01. The molecule has 0 atom stereocenters. The first kappa shape index (κ1) is 10.9. The second kappa shape index (κ2) is 4.97. The molecule has 2 N–H and O–H groups in total. The highest BCUT2D eigenvalue weighted by atomic mass is 15.2. The second-order valence-corrected chi connectivity index (χ2v) is 4.01. The Balaban J connectivity index is 1.57. The van der Waals surface area contributed by atoms with Crippen LogP contribution >= 0.6 is 0 Å². The summed E-state index contributed by atoms with van der Waals surface area (Å²) in [5.74, 6) is 1.92. The Morgan fingerprint density at radius 2 is 2.28 bits per heavy atom. The molecule has 0 saturated heterocycles. The quantitative estimate of drug-likeness (QED) is 0.649. The van der Waals surface area contributed by atoms with Crippen LogP contribution in [0.25, 0.3) is 5.65 Å². The Hall–Kier alpha value is -2.21. The van der Waals surface area contributed by atoms with Crippen LogP contribution in [0.5, 0.6) is 0 Å². The zero-order valence-corrected chi connectivity index (χ0v) is 9.87. The lowest BCUT2D eigenvalue weighted by Gasteiger charge is -2.01. The minimum Gasteiger partial charge on any atom is -0.348 e. The first-order chi connectivity index (χ1) is 8.93. The molecule has 0 aliphatic carbocycles. The van der Waals surface area contributed by atoms with Crippen LogP contribution in [0.4, 0.5) is 0 Å². The van der Waals surface area contributed by atoms with E-state index in [-0.39, 0.29) is 0 Å². The third kappa shape index (κ3) is 2.23. The van der Waals surface area contributed by atoms with Gasteiger partial charge in [-0.25, -0.2) is 4.98 Å². The lowest BCUT2D eigenvalue weighted by atomic mass is 10.4. The van der Waals surface area contributed by atoms with Crippen LogP contribution in [0.15, 0.2) is 36.8 Å². The molecule has 92 valence electrons. The third-order valence-electron chi connectivity index (χ3n) is 2.76. The second-order valence-electron chi connectivity index (χ2n) is 4.01. The number of hydrogen-bond acceptors (Lipinski definition) is 4. The molecule has 0 unspecified atom stereocenters. The summed E-state index contributed by atoms with van der Waals surface area (Å²) >= 11 is 0. The Kier molecular flexibility index (Phi) is 3.01. The first-order valence-electron chi connectivity index (χ1n) is 5.91. The van der Waals surface area contributed by atoms with E-state index in [1.807, 2.05) is 35.0 Å². The van der Waals surface area contributed by atoms with Crippen molar-refractivity contribution in [3.8, 4) is 0 Å². The van der Waals surface area contributed by atoms with Gasteiger partial charge in [-0.15, -0.1) is 10.2 Å². The van der Waals surface area contributed by atoms with Gasteiger partial charge in [0.1, 0.15) is 11.6 Å². The van der Waals surface area contributed by atoms with E-state index < -0.39 is 0 Å². The van der Waals surface area contributed by atoms with Crippen molar-refractivity contribution in [3.05, 3.63) is 48.4 Å². The zero-order chi connectivity index (χ0) is 12.2. The van der Waals surface area contributed by atoms with Crippen molar-refractivity contribution in [3.63, 3.8) is 0 Å². The molecule has 0 fully saturated rings. The van der Waals surface area contributed by atoms with Crippen LogP contribution in [-0.4, -0.2) is 31.1 Å². The predicted octanol–water partition coefficient (Wildman–Crippen LogP) is 0.785. The zero-order valence-electron chi connectivity index (χ0n) is 9.87. The maximum Gasteiger partial charge on any atom is 0.160 e. The van der Waals surface area contributed by atoms with E-state index in [0.717, 1.165) is 36.8 Å². The SMILES string of the molecule is c1ccn2c(CCNCc3ncc[nH]3)nnc2c1. The fourth-order valence-corrected chi connectivity index (χ4v) is 1.86. The van der Waals surface area contributed by atoms with Gasteiger partial charge in [0.05, 0.1) is 6.54 Å². The predicted molar refractivity (Wildman–Crippen MR) is 67.0 cm³/mol. The van der Waals surface area contributed by atoms with Crippen molar-refractivity contribution in [1.82, 2.24) is 29.9 Å². The lowest BCUT2D eigenvalue weighted by Crippen LogP contribution is -2.18. The van der Waals surface area contributed by atoms with Crippen LogP contribution in [-0.2, 0) is 13.0 Å². The molecular weight excluding hydrogens is 228 g/mol. The van der Waals surface area contributed by atoms with Crippen molar-refractivity contribution in [1.29, 1.82) is 0 Å². The molecular formula is C12H14N6. The molecule has 0 aromatic carbocycles. The van der Waals surface area contributed by atoms with Crippen LogP contribution in [0.2, 0.25) is 0 Å². The van der Waals surface area contributed by atoms with Gasteiger partial charge in [0.2, 0.25) is 0 Å². The van der Waals surface area contributed by atoms with Gasteiger partial charge in [-0.3, -0.25) is 4.40 Å². The van der Waals surface area contributed by atoms with Crippen LogP contribution < -0.4 is 5.32 Å². The van der Waals surface area contributed by atoms with Crippen LogP contribution in [0.1, 0.15) is 11.6 Å². The van der Waals surface area contributed by atoms with Crippen LogP contribution in [0.3, 0.4) is 0 Å². The van der Waals surface area contributed by atoms with Gasteiger partial charge >= 0.3 is 0 Å². The van der Waals surface area contributed by atoms with Crippen molar-refractivity contribution >= 4 is 5.65 Å². The summed E-state index contributed by atoms with van der Waals surface area (Å²) in [7, 11) is 0. The third-order valence-corrected chi connectivity index (χ3v) is 2.76. The van der Waals surface area contributed by atoms with E-state index in [1.165, 1.54) is 0 Å². The number of aromatic nitrogens is 5. The molecule has 0 aliphatic rings. The summed E-state index contributed by atoms with van der Waals surface area (Å²) in [6, 6.07) is 5.89. The minimum atomic E-state index is 0.740. The van der Waals surface area contributed by atoms with E-state index in [2.05, 4.69) is 25.5 Å². The van der Waals surface area contributed by atoms with E-state index in [0.29, 0.717) is 0 Å². The average Bonchev–Trinajstić information content (AvgIpc) is 3.04. The van der Waals surface area contributed by atoms with E-state index in [1.54, 1.807) is 6.20 Å². The largest absolute Gasteiger partial charge is 0.348 e. The standard InChI is InChI=1S/C12H14N6/c1-2-8-18-11(3-1)16-17-12(18)4-5-13-9-10-14-6-7-15-10/h1-3,6-8,13H,4-5,9H2,(H,14,15). The van der Waals surface area contributed by atoms with Gasteiger partial charge in [0.25, 0.3) is 0 Å². The molecule has 3 heterocycles. The fraction of sp³-hybridized carbons (Fsp3) is 0.250. The number of pyridine rings is 1. The molecule has 18 heavy (non-hydrogen) atoms. The van der Waals surface area contributed by atoms with Gasteiger partial charge in [-0.05, 0) is 12.1 Å². The van der Waals surface area contributed by atoms with Crippen molar-refractivity contribution in [2.45, 2.75) is 13.0 Å². The first-order valence-corrected chi connectivity index (χ1v) is 5.91. The Labute approximate surface area is 104 Å². The summed E-state index contributed by atoms with van der Waals surface area (Å²) in [4.78, 5) is 7.20. The normalized spacial score (nSPS) is 11.1. The average molecular weight is 242 g/mol. The Bertz CT molecular complexity index is 612. The number of nitrogens with one attached hydrogen (secondary N) is 2. The number of aromatic amines is 1. The molecule has 3 rings (SSSR count). The number of imidazole rings is 1. The van der Waals surface area contributed by atoms with Crippen molar-refractivity contribution in [2.75, 3.05) is 6.54 Å². The Morgan fingerprint density at radius 1 is 1.28 bits per heavy atom. The molecule has 0 bridgehead atoms. The van der Waals surface area contributed by atoms with Gasteiger partial charge < -0.3 is 10.3 Å². The molecule has 3 aromatic heterocycles. The number of rotatable bonds is 5. The molecule has 6 heteroatoms. The highest BCUT2D eigenvalue weighted by Crippen LogP contribution is 2.02. The monoisotopic (exact) mass is 242 g/mol. The number of hydrogen-bond donors (Lipinski definition) is 2. The van der Waals surface area contributed by atoms with Crippen molar-refractivity contribution in [2.24, 2.45) is 0 Å². The Morgan fingerprint density at radius 3 is 3.17 bits per heavy atom. The molecule has 3 aromatic rings. The van der Waals surface area contributed by atoms with E-state index >= 15 is 0 Å². The van der Waals surface area contributed by atoms with E-state index in [4.69, 9.17) is 0 Å². The number of H-pyrrole nitrogens is 1. The maximum atomic E-state index is 4.18. The summed E-state index contributed by atoms with van der Waals surface area (Å²) in [5.41, 5.74) is 0.888. The topological polar surface area (TPSA) is 70.9 Å². The van der Waals surface area contributed by atoms with Gasteiger partial charge in [-0.1, -0.05) is 6.07 Å². The molecule has 0 spiro atoms. The summed E-state index contributed by atoms with van der Waals surface area (Å²) in [6.07, 6.45) is 6.40. The van der Waals surface area contributed by atoms with Gasteiger partial charge in [-0.2, -0.15) is 0 Å². The maximum absolute atomic E-state index is 4.18. The highest BCUT2D eigenvalue weighted by molar-refractivity contribution is 5.36. The van der Waals surface area contributed by atoms with Gasteiger partial charge in [0.15, 0.2) is 5.65 Å². The highest BCUT2D eigenvalue weighted by Gasteiger charge is 2.03. The van der Waals surface area contributed by atoms with Crippen LogP contribution in [0, 0.1) is 0 Å². The number of nitrogens with zero attached hydrogens (tertiary/aromatic N) is 4. The number of fused-ring (bicyclic) bond motifs is 1. The minimum absolute atomic E-state index is 0.740. The van der Waals surface area contributed by atoms with Gasteiger partial charge in [0, 0.05) is 31.6 Å². The fourth-order valence-electron chi connectivity index (χ4n) is 1.86. The molecule has 0 aliphatic heterocycles. The molecule has 0 saturated carbocycles. The molecule has 0 radical (unpaired) electrons. The van der Waals surface area contributed by atoms with Crippen molar-refractivity contribution < 1.29 is 0 Å². The summed E-state index contributed by atoms with van der Waals surface area (Å²) in [6.45, 7) is 1.58. The summed E-state index contributed by atoms with van der Waals surface area (Å²) in [5, 5.41) is 11.6. The smallest absolute Gasteiger partial charge is 0.160 e. The van der Waals surface area contributed by atoms with E-state index in [9.17, 15) is 0 Å².